The minimum absolute atomic E-state index is 0.128. The molecule has 2 N–H and O–H groups in total. The van der Waals surface area contributed by atoms with E-state index in [0.29, 0.717) is 6.04 Å². The second-order valence-corrected chi connectivity index (χ2v) is 4.48. The summed E-state index contributed by atoms with van der Waals surface area (Å²) in [7, 11) is 2.11. The monoisotopic (exact) mass is 233 g/mol. The number of para-hydroxylation sites is 1. The van der Waals surface area contributed by atoms with Crippen molar-refractivity contribution in [1.29, 1.82) is 0 Å². The number of carbonyl (C=O) groups is 1. The van der Waals surface area contributed by atoms with E-state index in [1.807, 2.05) is 30.3 Å². The highest BCUT2D eigenvalue weighted by Crippen LogP contribution is 2.13. The SMILES string of the molecule is CN1CCC[C@H]1CNC(=O)Nc1ccccc1. The van der Waals surface area contributed by atoms with Gasteiger partial charge in [-0.3, -0.25) is 0 Å². The first-order chi connectivity index (χ1) is 8.25. The van der Waals surface area contributed by atoms with Gasteiger partial charge in [0.1, 0.15) is 0 Å². The van der Waals surface area contributed by atoms with Gasteiger partial charge in [-0.15, -0.1) is 0 Å². The molecule has 4 nitrogen and oxygen atoms in total. The molecule has 0 radical (unpaired) electrons. The number of nitrogens with one attached hydrogen (secondary N) is 2. The number of likely N-dealkylation sites (tertiary alicyclic amines) is 1. The zero-order chi connectivity index (χ0) is 12.1. The highest BCUT2D eigenvalue weighted by Gasteiger charge is 2.20. The third kappa shape index (κ3) is 3.46. The number of amides is 2. The summed E-state index contributed by atoms with van der Waals surface area (Å²) in [5.41, 5.74) is 0.824. The number of likely N-dealkylation sites (N-methyl/N-ethyl adjacent to an activating group) is 1. The van der Waals surface area contributed by atoms with E-state index in [9.17, 15) is 4.79 Å². The fourth-order valence-corrected chi connectivity index (χ4v) is 2.14. The van der Waals surface area contributed by atoms with Crippen LogP contribution in [0, 0.1) is 0 Å². The van der Waals surface area contributed by atoms with Crippen molar-refractivity contribution in [3.05, 3.63) is 30.3 Å². The van der Waals surface area contributed by atoms with Gasteiger partial charge >= 0.3 is 6.03 Å². The van der Waals surface area contributed by atoms with Crippen molar-refractivity contribution in [2.75, 3.05) is 25.5 Å². The van der Waals surface area contributed by atoms with Gasteiger partial charge in [0.2, 0.25) is 0 Å². The number of urea groups is 1. The average Bonchev–Trinajstić information content (AvgIpc) is 2.74. The lowest BCUT2D eigenvalue weighted by molar-refractivity contribution is 0.245. The number of benzene rings is 1. The van der Waals surface area contributed by atoms with Crippen molar-refractivity contribution >= 4 is 11.7 Å². The van der Waals surface area contributed by atoms with Crippen molar-refractivity contribution < 1.29 is 4.79 Å². The summed E-state index contributed by atoms with van der Waals surface area (Å²) in [6.45, 7) is 1.85. The van der Waals surface area contributed by atoms with E-state index in [0.717, 1.165) is 18.8 Å². The van der Waals surface area contributed by atoms with Crippen molar-refractivity contribution in [2.45, 2.75) is 18.9 Å². The Labute approximate surface area is 102 Å². The van der Waals surface area contributed by atoms with Gasteiger partial charge in [-0.1, -0.05) is 18.2 Å². The van der Waals surface area contributed by atoms with Crippen molar-refractivity contribution in [2.24, 2.45) is 0 Å². The Balaban J connectivity index is 1.74. The zero-order valence-corrected chi connectivity index (χ0v) is 10.1. The van der Waals surface area contributed by atoms with Crippen LogP contribution in [0.4, 0.5) is 10.5 Å². The molecule has 1 saturated heterocycles. The van der Waals surface area contributed by atoms with Crippen LogP contribution in [0.1, 0.15) is 12.8 Å². The third-order valence-electron chi connectivity index (χ3n) is 3.20. The molecule has 0 saturated carbocycles. The molecule has 0 bridgehead atoms. The van der Waals surface area contributed by atoms with Gasteiger partial charge in [-0.2, -0.15) is 0 Å². The van der Waals surface area contributed by atoms with Gasteiger partial charge in [0.15, 0.2) is 0 Å². The highest BCUT2D eigenvalue weighted by atomic mass is 16.2. The second-order valence-electron chi connectivity index (χ2n) is 4.48. The molecule has 17 heavy (non-hydrogen) atoms. The molecule has 1 atom stereocenters. The van der Waals surface area contributed by atoms with Gasteiger partial charge in [-0.25, -0.2) is 4.79 Å². The molecular formula is C13H19N3O. The molecule has 1 aliphatic rings. The van der Waals surface area contributed by atoms with E-state index < -0.39 is 0 Å². The van der Waals surface area contributed by atoms with E-state index in [1.165, 1.54) is 12.8 Å². The van der Waals surface area contributed by atoms with E-state index in [-0.39, 0.29) is 6.03 Å². The minimum atomic E-state index is -0.128. The number of rotatable bonds is 3. The zero-order valence-electron chi connectivity index (χ0n) is 10.1. The van der Waals surface area contributed by atoms with Gasteiger partial charge in [0, 0.05) is 18.3 Å². The van der Waals surface area contributed by atoms with Crippen molar-refractivity contribution in [3.8, 4) is 0 Å². The molecule has 1 aliphatic heterocycles. The quantitative estimate of drug-likeness (QED) is 0.837. The molecule has 2 amide bonds. The number of carbonyl (C=O) groups excluding carboxylic acids is 1. The molecule has 0 aliphatic carbocycles. The standard InChI is InChI=1S/C13H19N3O/c1-16-9-5-8-12(16)10-14-13(17)15-11-6-3-2-4-7-11/h2-4,6-7,12H,5,8-10H2,1H3,(H2,14,15,17)/t12-/m0/s1. The van der Waals surface area contributed by atoms with Crippen LogP contribution in [0.3, 0.4) is 0 Å². The molecular weight excluding hydrogens is 214 g/mol. The predicted octanol–water partition coefficient (Wildman–Crippen LogP) is 1.90. The maximum atomic E-state index is 11.6. The third-order valence-corrected chi connectivity index (χ3v) is 3.20. The number of hydrogen-bond acceptors (Lipinski definition) is 2. The summed E-state index contributed by atoms with van der Waals surface area (Å²) >= 11 is 0. The van der Waals surface area contributed by atoms with E-state index >= 15 is 0 Å². The minimum Gasteiger partial charge on any atom is -0.336 e. The van der Waals surface area contributed by atoms with Crippen LogP contribution in [0.25, 0.3) is 0 Å². The molecule has 92 valence electrons. The Morgan fingerprint density at radius 3 is 2.82 bits per heavy atom. The molecule has 0 unspecified atom stereocenters. The Bertz CT molecular complexity index is 366. The van der Waals surface area contributed by atoms with E-state index in [2.05, 4.69) is 22.6 Å². The lowest BCUT2D eigenvalue weighted by Gasteiger charge is -2.19. The van der Waals surface area contributed by atoms with Crippen molar-refractivity contribution in [1.82, 2.24) is 10.2 Å². The molecule has 4 heteroatoms. The Morgan fingerprint density at radius 1 is 1.41 bits per heavy atom. The Hall–Kier alpha value is -1.55. The van der Waals surface area contributed by atoms with Crippen LogP contribution in [-0.4, -0.2) is 37.1 Å². The lowest BCUT2D eigenvalue weighted by atomic mass is 10.2. The summed E-state index contributed by atoms with van der Waals surface area (Å²) in [4.78, 5) is 13.9. The molecule has 1 fully saturated rings. The van der Waals surface area contributed by atoms with E-state index in [1.54, 1.807) is 0 Å². The summed E-state index contributed by atoms with van der Waals surface area (Å²) in [6.07, 6.45) is 2.39. The largest absolute Gasteiger partial charge is 0.336 e. The van der Waals surface area contributed by atoms with E-state index in [4.69, 9.17) is 0 Å². The van der Waals surface area contributed by atoms with Crippen LogP contribution in [0.15, 0.2) is 30.3 Å². The predicted molar refractivity (Wildman–Crippen MR) is 69.1 cm³/mol. The first kappa shape index (κ1) is 11.9. The maximum absolute atomic E-state index is 11.6. The van der Waals surface area contributed by atoms with Gasteiger partial charge in [0.05, 0.1) is 0 Å². The van der Waals surface area contributed by atoms with Gasteiger partial charge in [0.25, 0.3) is 0 Å². The molecule has 2 rings (SSSR count). The van der Waals surface area contributed by atoms with Crippen LogP contribution < -0.4 is 10.6 Å². The topological polar surface area (TPSA) is 44.4 Å². The Morgan fingerprint density at radius 2 is 2.18 bits per heavy atom. The summed E-state index contributed by atoms with van der Waals surface area (Å²) in [5.74, 6) is 0. The fraction of sp³-hybridized carbons (Fsp3) is 0.462. The molecule has 1 aromatic rings. The molecule has 0 spiro atoms. The molecule has 0 aromatic heterocycles. The van der Waals surface area contributed by atoms with Crippen molar-refractivity contribution in [3.63, 3.8) is 0 Å². The van der Waals surface area contributed by atoms with Crippen LogP contribution in [0.5, 0.6) is 0 Å². The van der Waals surface area contributed by atoms with Crippen LogP contribution in [-0.2, 0) is 0 Å². The fourth-order valence-electron chi connectivity index (χ4n) is 2.14. The number of anilines is 1. The molecule has 1 heterocycles. The highest BCUT2D eigenvalue weighted by molar-refractivity contribution is 5.89. The molecule has 1 aromatic carbocycles. The Kier molecular flexibility index (Phi) is 3.98. The van der Waals surface area contributed by atoms with Gasteiger partial charge in [-0.05, 0) is 38.6 Å². The van der Waals surface area contributed by atoms with Gasteiger partial charge < -0.3 is 15.5 Å². The normalized spacial score (nSPS) is 20.2. The first-order valence-corrected chi connectivity index (χ1v) is 6.06. The summed E-state index contributed by atoms with van der Waals surface area (Å²) in [5, 5.41) is 5.72. The first-order valence-electron chi connectivity index (χ1n) is 6.06. The number of hydrogen-bond donors (Lipinski definition) is 2. The number of nitrogens with zero attached hydrogens (tertiary/aromatic N) is 1. The van der Waals surface area contributed by atoms with Crippen LogP contribution in [0.2, 0.25) is 0 Å². The smallest absolute Gasteiger partial charge is 0.319 e. The van der Waals surface area contributed by atoms with Crippen LogP contribution >= 0.6 is 0 Å². The lowest BCUT2D eigenvalue weighted by Crippen LogP contribution is -2.40. The second kappa shape index (κ2) is 5.68. The average molecular weight is 233 g/mol. The summed E-state index contributed by atoms with van der Waals surface area (Å²) in [6, 6.07) is 9.84. The summed E-state index contributed by atoms with van der Waals surface area (Å²) < 4.78 is 0. The maximum Gasteiger partial charge on any atom is 0.319 e.